The Morgan fingerprint density at radius 3 is 2.56 bits per heavy atom. The molecule has 0 bridgehead atoms. The predicted molar refractivity (Wildman–Crippen MR) is 103 cm³/mol. The zero-order valence-electron chi connectivity index (χ0n) is 16.5. The van der Waals surface area contributed by atoms with Crippen molar-refractivity contribution in [3.8, 4) is 0 Å². The number of nitrogens with zero attached hydrogens (tertiary/aromatic N) is 1. The first-order valence-electron chi connectivity index (χ1n) is 9.59. The first kappa shape index (κ1) is 19.8. The lowest BCUT2D eigenvalue weighted by molar-refractivity contribution is 0.00964. The zero-order chi connectivity index (χ0) is 18.4. The summed E-state index contributed by atoms with van der Waals surface area (Å²) in [6.07, 6.45) is 4.12. The third-order valence-corrected chi connectivity index (χ3v) is 4.74. The van der Waals surface area contributed by atoms with Gasteiger partial charge in [-0.05, 0) is 58.9 Å². The van der Waals surface area contributed by atoms with Crippen LogP contribution in [0.15, 0.2) is 24.3 Å². The number of likely N-dealkylation sites (tertiary alicyclic amines) is 1. The fraction of sp³-hybridized carbons (Fsp3) is 0.667. The van der Waals surface area contributed by atoms with Crippen molar-refractivity contribution >= 4 is 6.09 Å². The average Bonchev–Trinajstić information content (AvgIpc) is 2.55. The van der Waals surface area contributed by atoms with Gasteiger partial charge in [0.05, 0.1) is 0 Å². The van der Waals surface area contributed by atoms with Crippen molar-refractivity contribution in [1.29, 1.82) is 0 Å². The number of amides is 1. The van der Waals surface area contributed by atoms with Gasteiger partial charge in [0.15, 0.2) is 0 Å². The number of carbonyl (C=O) groups excluding carboxylic acids is 1. The topological polar surface area (TPSA) is 41.6 Å². The van der Waals surface area contributed by atoms with Crippen LogP contribution in [0.5, 0.6) is 0 Å². The van der Waals surface area contributed by atoms with Crippen LogP contribution in [0.4, 0.5) is 4.79 Å². The molecule has 0 spiro atoms. The van der Waals surface area contributed by atoms with E-state index in [0.717, 1.165) is 32.4 Å². The van der Waals surface area contributed by atoms with Gasteiger partial charge < -0.3 is 15.0 Å². The molecule has 25 heavy (non-hydrogen) atoms. The predicted octanol–water partition coefficient (Wildman–Crippen LogP) is 4.83. The van der Waals surface area contributed by atoms with Gasteiger partial charge in [-0.1, -0.05) is 36.8 Å². The number of benzene rings is 1. The number of rotatable bonds is 5. The van der Waals surface area contributed by atoms with Crippen LogP contribution in [0.1, 0.15) is 70.5 Å². The van der Waals surface area contributed by atoms with E-state index in [1.165, 1.54) is 17.5 Å². The Balaban J connectivity index is 1.98. The monoisotopic (exact) mass is 346 g/mol. The van der Waals surface area contributed by atoms with Crippen LogP contribution in [-0.4, -0.2) is 35.7 Å². The van der Waals surface area contributed by atoms with E-state index in [2.05, 4.69) is 43.4 Å². The molecule has 1 aliphatic heterocycles. The average molecular weight is 347 g/mol. The van der Waals surface area contributed by atoms with Gasteiger partial charge in [-0.25, -0.2) is 4.79 Å². The standard InChI is InChI=1S/C21H34N2O2/c1-6-19(17-12-10-16(2)11-13-17)22-15-18-9-7-8-14-23(18)20(24)25-21(3,4)5/h10-13,18-19,22H,6-9,14-15H2,1-5H3. The van der Waals surface area contributed by atoms with Crippen LogP contribution >= 0.6 is 0 Å². The molecule has 1 N–H and O–H groups in total. The molecule has 1 saturated heterocycles. The van der Waals surface area contributed by atoms with E-state index in [1.54, 1.807) is 0 Å². The second-order valence-corrected chi connectivity index (χ2v) is 8.10. The summed E-state index contributed by atoms with van der Waals surface area (Å²) in [4.78, 5) is 14.4. The van der Waals surface area contributed by atoms with E-state index in [1.807, 2.05) is 25.7 Å². The molecule has 0 aliphatic carbocycles. The number of ether oxygens (including phenoxy) is 1. The van der Waals surface area contributed by atoms with Gasteiger partial charge in [0.2, 0.25) is 0 Å². The minimum Gasteiger partial charge on any atom is -0.444 e. The highest BCUT2D eigenvalue weighted by molar-refractivity contribution is 5.68. The first-order chi connectivity index (χ1) is 11.8. The van der Waals surface area contributed by atoms with Crippen LogP contribution in [0.25, 0.3) is 0 Å². The largest absolute Gasteiger partial charge is 0.444 e. The smallest absolute Gasteiger partial charge is 0.410 e. The highest BCUT2D eigenvalue weighted by Crippen LogP contribution is 2.22. The van der Waals surface area contributed by atoms with Crippen LogP contribution < -0.4 is 5.32 Å². The Hall–Kier alpha value is -1.55. The highest BCUT2D eigenvalue weighted by atomic mass is 16.6. The summed E-state index contributed by atoms with van der Waals surface area (Å²) in [7, 11) is 0. The maximum atomic E-state index is 12.5. The molecular formula is C21H34N2O2. The Labute approximate surface area is 152 Å². The lowest BCUT2D eigenvalue weighted by atomic mass is 10.00. The second kappa shape index (κ2) is 8.70. The Kier molecular flexibility index (Phi) is 6.88. The number of aryl methyl sites for hydroxylation is 1. The molecule has 140 valence electrons. The molecule has 1 heterocycles. The number of carbonyl (C=O) groups is 1. The molecule has 1 fully saturated rings. The van der Waals surface area contributed by atoms with Gasteiger partial charge in [-0.3, -0.25) is 0 Å². The zero-order valence-corrected chi connectivity index (χ0v) is 16.5. The molecule has 2 atom stereocenters. The van der Waals surface area contributed by atoms with Crippen LogP contribution in [0.3, 0.4) is 0 Å². The number of hydrogen-bond donors (Lipinski definition) is 1. The molecule has 1 aromatic carbocycles. The minimum atomic E-state index is -0.444. The number of hydrogen-bond acceptors (Lipinski definition) is 3. The summed E-state index contributed by atoms with van der Waals surface area (Å²) < 4.78 is 5.60. The van der Waals surface area contributed by atoms with Crippen molar-refractivity contribution in [3.05, 3.63) is 35.4 Å². The van der Waals surface area contributed by atoms with Crippen LogP contribution in [-0.2, 0) is 4.74 Å². The van der Waals surface area contributed by atoms with E-state index in [0.29, 0.717) is 6.04 Å². The fourth-order valence-electron chi connectivity index (χ4n) is 3.35. The molecule has 0 aromatic heterocycles. The van der Waals surface area contributed by atoms with Gasteiger partial charge in [-0.15, -0.1) is 0 Å². The van der Waals surface area contributed by atoms with Crippen LogP contribution in [0.2, 0.25) is 0 Å². The molecule has 2 unspecified atom stereocenters. The van der Waals surface area contributed by atoms with Crippen molar-refractivity contribution in [2.75, 3.05) is 13.1 Å². The van der Waals surface area contributed by atoms with Crippen molar-refractivity contribution in [1.82, 2.24) is 10.2 Å². The van der Waals surface area contributed by atoms with Crippen LogP contribution in [0, 0.1) is 6.92 Å². The third kappa shape index (κ3) is 6.03. The molecule has 0 saturated carbocycles. The maximum absolute atomic E-state index is 12.5. The van der Waals surface area contributed by atoms with Gasteiger partial charge in [0.25, 0.3) is 0 Å². The quantitative estimate of drug-likeness (QED) is 0.830. The number of piperidine rings is 1. The molecule has 1 amide bonds. The second-order valence-electron chi connectivity index (χ2n) is 8.10. The van der Waals surface area contributed by atoms with Crippen molar-refractivity contribution in [2.24, 2.45) is 0 Å². The summed E-state index contributed by atoms with van der Waals surface area (Å²) >= 11 is 0. The minimum absolute atomic E-state index is 0.178. The number of nitrogens with one attached hydrogen (secondary N) is 1. The summed E-state index contributed by atoms with van der Waals surface area (Å²) in [5.74, 6) is 0. The summed E-state index contributed by atoms with van der Waals surface area (Å²) in [5.41, 5.74) is 2.15. The lowest BCUT2D eigenvalue weighted by Crippen LogP contribution is -2.50. The van der Waals surface area contributed by atoms with E-state index >= 15 is 0 Å². The Morgan fingerprint density at radius 2 is 1.96 bits per heavy atom. The van der Waals surface area contributed by atoms with E-state index in [4.69, 9.17) is 4.74 Å². The van der Waals surface area contributed by atoms with Crippen molar-refractivity contribution in [3.63, 3.8) is 0 Å². The molecular weight excluding hydrogens is 312 g/mol. The van der Waals surface area contributed by atoms with E-state index in [-0.39, 0.29) is 12.1 Å². The third-order valence-electron chi connectivity index (χ3n) is 4.74. The SMILES string of the molecule is CCC(NCC1CCCCN1C(=O)OC(C)(C)C)c1ccc(C)cc1. The Morgan fingerprint density at radius 1 is 1.28 bits per heavy atom. The summed E-state index contributed by atoms with van der Waals surface area (Å²) in [6, 6.07) is 9.25. The molecule has 4 nitrogen and oxygen atoms in total. The Bertz CT molecular complexity index is 548. The maximum Gasteiger partial charge on any atom is 0.410 e. The summed E-state index contributed by atoms with van der Waals surface area (Å²) in [5, 5.41) is 3.67. The first-order valence-corrected chi connectivity index (χ1v) is 9.59. The molecule has 0 radical (unpaired) electrons. The van der Waals surface area contributed by atoms with Gasteiger partial charge in [-0.2, -0.15) is 0 Å². The normalized spacial score (nSPS) is 19.6. The van der Waals surface area contributed by atoms with E-state index in [9.17, 15) is 4.79 Å². The van der Waals surface area contributed by atoms with Gasteiger partial charge >= 0.3 is 6.09 Å². The highest BCUT2D eigenvalue weighted by Gasteiger charge is 2.30. The molecule has 1 aliphatic rings. The van der Waals surface area contributed by atoms with E-state index < -0.39 is 5.60 Å². The van der Waals surface area contributed by atoms with Gasteiger partial charge in [0, 0.05) is 25.2 Å². The van der Waals surface area contributed by atoms with Crippen molar-refractivity contribution < 1.29 is 9.53 Å². The van der Waals surface area contributed by atoms with Crippen molar-refractivity contribution in [2.45, 2.75) is 78.0 Å². The molecule has 1 aromatic rings. The summed E-state index contributed by atoms with van der Waals surface area (Å²) in [6.45, 7) is 11.7. The van der Waals surface area contributed by atoms with Gasteiger partial charge in [0.1, 0.15) is 5.60 Å². The lowest BCUT2D eigenvalue weighted by Gasteiger charge is -2.37. The molecule has 2 rings (SSSR count). The fourth-order valence-corrected chi connectivity index (χ4v) is 3.35. The molecule has 4 heteroatoms.